The lowest BCUT2D eigenvalue weighted by atomic mass is 10.1. The SMILES string of the molecule is COc1ccc(CNC(C)C)cc1CN(C)C1CC1. The average molecular weight is 262 g/mol. The molecule has 1 aromatic carbocycles. The summed E-state index contributed by atoms with van der Waals surface area (Å²) < 4.78 is 5.48. The van der Waals surface area contributed by atoms with Crippen LogP contribution < -0.4 is 10.1 Å². The van der Waals surface area contributed by atoms with E-state index < -0.39 is 0 Å². The van der Waals surface area contributed by atoms with Crippen molar-refractivity contribution in [3.05, 3.63) is 29.3 Å². The molecule has 106 valence electrons. The van der Waals surface area contributed by atoms with Gasteiger partial charge in [-0.1, -0.05) is 19.9 Å². The maximum absolute atomic E-state index is 5.48. The zero-order valence-corrected chi connectivity index (χ0v) is 12.6. The maximum atomic E-state index is 5.48. The largest absolute Gasteiger partial charge is 0.496 e. The van der Waals surface area contributed by atoms with E-state index in [1.54, 1.807) is 7.11 Å². The third-order valence-electron chi connectivity index (χ3n) is 3.65. The van der Waals surface area contributed by atoms with E-state index in [4.69, 9.17) is 4.74 Å². The molecule has 0 aromatic heterocycles. The minimum absolute atomic E-state index is 0.514. The van der Waals surface area contributed by atoms with E-state index in [0.29, 0.717) is 6.04 Å². The molecular formula is C16H26N2O. The Balaban J connectivity index is 2.06. The van der Waals surface area contributed by atoms with Crippen LogP contribution in [-0.2, 0) is 13.1 Å². The van der Waals surface area contributed by atoms with Crippen LogP contribution in [0.1, 0.15) is 37.8 Å². The fourth-order valence-electron chi connectivity index (χ4n) is 2.30. The van der Waals surface area contributed by atoms with Crippen molar-refractivity contribution in [2.75, 3.05) is 14.2 Å². The molecule has 1 aromatic rings. The Morgan fingerprint density at radius 2 is 2.11 bits per heavy atom. The predicted molar refractivity (Wildman–Crippen MR) is 79.5 cm³/mol. The Morgan fingerprint density at radius 1 is 1.37 bits per heavy atom. The van der Waals surface area contributed by atoms with E-state index in [-0.39, 0.29) is 0 Å². The Hall–Kier alpha value is -1.06. The molecule has 1 aliphatic rings. The summed E-state index contributed by atoms with van der Waals surface area (Å²) >= 11 is 0. The highest BCUT2D eigenvalue weighted by atomic mass is 16.5. The lowest BCUT2D eigenvalue weighted by Gasteiger charge is -2.19. The second-order valence-electron chi connectivity index (χ2n) is 5.83. The fourth-order valence-corrected chi connectivity index (χ4v) is 2.30. The first-order chi connectivity index (χ1) is 9.10. The van der Waals surface area contributed by atoms with Crippen molar-refractivity contribution < 1.29 is 4.74 Å². The molecule has 0 atom stereocenters. The van der Waals surface area contributed by atoms with Crippen LogP contribution in [0.5, 0.6) is 5.75 Å². The highest BCUT2D eigenvalue weighted by Crippen LogP contribution is 2.29. The van der Waals surface area contributed by atoms with Crippen LogP contribution in [0.15, 0.2) is 18.2 Å². The molecule has 0 bridgehead atoms. The highest BCUT2D eigenvalue weighted by molar-refractivity contribution is 5.37. The van der Waals surface area contributed by atoms with Crippen molar-refractivity contribution in [2.45, 2.75) is 51.9 Å². The third-order valence-corrected chi connectivity index (χ3v) is 3.65. The molecule has 0 amide bonds. The number of methoxy groups -OCH3 is 1. The summed E-state index contributed by atoms with van der Waals surface area (Å²) in [5.41, 5.74) is 2.62. The smallest absolute Gasteiger partial charge is 0.123 e. The van der Waals surface area contributed by atoms with Gasteiger partial charge >= 0.3 is 0 Å². The molecule has 0 unspecified atom stereocenters. The summed E-state index contributed by atoms with van der Waals surface area (Å²) in [6, 6.07) is 7.80. The van der Waals surface area contributed by atoms with Gasteiger partial charge in [-0.2, -0.15) is 0 Å². The molecule has 3 nitrogen and oxygen atoms in total. The van der Waals surface area contributed by atoms with Gasteiger partial charge in [-0.05, 0) is 37.6 Å². The van der Waals surface area contributed by atoms with Gasteiger partial charge in [-0.25, -0.2) is 0 Å². The molecule has 0 saturated heterocycles. The van der Waals surface area contributed by atoms with Gasteiger partial charge in [-0.15, -0.1) is 0 Å². The first-order valence-electron chi connectivity index (χ1n) is 7.19. The number of hydrogen-bond acceptors (Lipinski definition) is 3. The van der Waals surface area contributed by atoms with Crippen LogP contribution in [0.2, 0.25) is 0 Å². The number of rotatable bonds is 7. The van der Waals surface area contributed by atoms with E-state index in [2.05, 4.69) is 49.3 Å². The third kappa shape index (κ3) is 4.22. The van der Waals surface area contributed by atoms with Crippen molar-refractivity contribution in [3.63, 3.8) is 0 Å². The normalized spacial score (nSPS) is 15.3. The summed E-state index contributed by atoms with van der Waals surface area (Å²) in [6.45, 7) is 6.24. The zero-order valence-electron chi connectivity index (χ0n) is 12.6. The lowest BCUT2D eigenvalue weighted by Crippen LogP contribution is -2.23. The summed E-state index contributed by atoms with van der Waals surface area (Å²) in [5, 5.41) is 3.46. The minimum atomic E-state index is 0.514. The van der Waals surface area contributed by atoms with Gasteiger partial charge in [0.05, 0.1) is 7.11 Å². The van der Waals surface area contributed by atoms with Gasteiger partial charge in [0.25, 0.3) is 0 Å². The van der Waals surface area contributed by atoms with E-state index in [9.17, 15) is 0 Å². The molecular weight excluding hydrogens is 236 g/mol. The molecule has 0 radical (unpaired) electrons. The van der Waals surface area contributed by atoms with E-state index in [1.165, 1.54) is 24.0 Å². The van der Waals surface area contributed by atoms with Gasteiger partial charge in [0, 0.05) is 30.7 Å². The van der Waals surface area contributed by atoms with Gasteiger partial charge in [-0.3, -0.25) is 4.90 Å². The Kier molecular flexibility index (Phi) is 4.83. The second kappa shape index (κ2) is 6.40. The summed E-state index contributed by atoms with van der Waals surface area (Å²) in [4.78, 5) is 2.43. The molecule has 0 heterocycles. The topological polar surface area (TPSA) is 24.5 Å². The van der Waals surface area contributed by atoms with Crippen LogP contribution in [-0.4, -0.2) is 31.1 Å². The molecule has 0 spiro atoms. The highest BCUT2D eigenvalue weighted by Gasteiger charge is 2.26. The van der Waals surface area contributed by atoms with Crippen molar-refractivity contribution in [1.29, 1.82) is 0 Å². The number of nitrogens with zero attached hydrogens (tertiary/aromatic N) is 1. The van der Waals surface area contributed by atoms with Crippen molar-refractivity contribution in [2.24, 2.45) is 0 Å². The number of hydrogen-bond donors (Lipinski definition) is 1. The Morgan fingerprint density at radius 3 is 2.68 bits per heavy atom. The average Bonchev–Trinajstić information content (AvgIpc) is 3.20. The Bertz CT molecular complexity index is 413. The number of benzene rings is 1. The summed E-state index contributed by atoms with van der Waals surface area (Å²) in [5.74, 6) is 1.00. The number of nitrogens with one attached hydrogen (secondary N) is 1. The van der Waals surface area contributed by atoms with Crippen LogP contribution in [0.25, 0.3) is 0 Å². The summed E-state index contributed by atoms with van der Waals surface area (Å²) in [6.07, 6.45) is 2.68. The molecule has 1 aliphatic carbocycles. The van der Waals surface area contributed by atoms with Crippen molar-refractivity contribution in [1.82, 2.24) is 10.2 Å². The molecule has 1 N–H and O–H groups in total. The van der Waals surface area contributed by atoms with E-state index in [0.717, 1.165) is 24.9 Å². The van der Waals surface area contributed by atoms with Crippen molar-refractivity contribution in [3.8, 4) is 5.75 Å². The lowest BCUT2D eigenvalue weighted by molar-refractivity contribution is 0.307. The standard InChI is InChI=1S/C16H26N2O/c1-12(2)17-10-13-5-8-16(19-4)14(9-13)11-18(3)15-6-7-15/h5,8-9,12,15,17H,6-7,10-11H2,1-4H3. The molecule has 1 saturated carbocycles. The van der Waals surface area contributed by atoms with Crippen molar-refractivity contribution >= 4 is 0 Å². The molecule has 0 aliphatic heterocycles. The van der Waals surface area contributed by atoms with Crippen LogP contribution in [0, 0.1) is 0 Å². The van der Waals surface area contributed by atoms with Gasteiger partial charge in [0.2, 0.25) is 0 Å². The molecule has 3 heteroatoms. The molecule has 2 rings (SSSR count). The minimum Gasteiger partial charge on any atom is -0.496 e. The van der Waals surface area contributed by atoms with Crippen LogP contribution in [0.3, 0.4) is 0 Å². The van der Waals surface area contributed by atoms with E-state index >= 15 is 0 Å². The van der Waals surface area contributed by atoms with Crippen LogP contribution in [0.4, 0.5) is 0 Å². The monoisotopic (exact) mass is 262 g/mol. The summed E-state index contributed by atoms with van der Waals surface area (Å²) in [7, 11) is 3.96. The van der Waals surface area contributed by atoms with Gasteiger partial charge in [0.15, 0.2) is 0 Å². The molecule has 1 fully saturated rings. The second-order valence-corrected chi connectivity index (χ2v) is 5.83. The van der Waals surface area contributed by atoms with E-state index in [1.807, 2.05) is 0 Å². The Labute approximate surface area is 116 Å². The quantitative estimate of drug-likeness (QED) is 0.818. The van der Waals surface area contributed by atoms with Crippen LogP contribution >= 0.6 is 0 Å². The van der Waals surface area contributed by atoms with Gasteiger partial charge < -0.3 is 10.1 Å². The molecule has 19 heavy (non-hydrogen) atoms. The maximum Gasteiger partial charge on any atom is 0.123 e. The zero-order chi connectivity index (χ0) is 13.8. The van der Waals surface area contributed by atoms with Gasteiger partial charge in [0.1, 0.15) is 5.75 Å². The predicted octanol–water partition coefficient (Wildman–Crippen LogP) is 2.79. The first-order valence-corrected chi connectivity index (χ1v) is 7.19. The number of ether oxygens (including phenoxy) is 1. The first kappa shape index (κ1) is 14.4. The fraction of sp³-hybridized carbons (Fsp3) is 0.625.